The van der Waals surface area contributed by atoms with Gasteiger partial charge in [0.25, 0.3) is 0 Å². The lowest BCUT2D eigenvalue weighted by Crippen LogP contribution is -2.38. The molecule has 21 heavy (non-hydrogen) atoms. The monoisotopic (exact) mass is 289 g/mol. The number of piperidine rings is 1. The van der Waals surface area contributed by atoms with Gasteiger partial charge in [-0.05, 0) is 69.3 Å². The Morgan fingerprint density at radius 3 is 2.62 bits per heavy atom. The number of aliphatic hydroxyl groups is 1. The third-order valence-corrected chi connectivity index (χ3v) is 4.91. The van der Waals surface area contributed by atoms with E-state index in [1.54, 1.807) is 6.92 Å². The first-order valence-electron chi connectivity index (χ1n) is 8.33. The Kier molecular flexibility index (Phi) is 4.76. The highest BCUT2D eigenvalue weighted by atomic mass is 16.3. The van der Waals surface area contributed by atoms with Crippen molar-refractivity contribution in [3.63, 3.8) is 0 Å². The predicted molar refractivity (Wildman–Crippen MR) is 85.5 cm³/mol. The van der Waals surface area contributed by atoms with Crippen LogP contribution in [-0.4, -0.2) is 47.7 Å². The highest BCUT2D eigenvalue weighted by Crippen LogP contribution is 2.25. The minimum absolute atomic E-state index is 0.417. The number of anilines is 1. The normalized spacial score (nSPS) is 22.7. The van der Waals surface area contributed by atoms with E-state index >= 15 is 0 Å². The maximum Gasteiger partial charge on any atom is 0.128 e. The summed E-state index contributed by atoms with van der Waals surface area (Å²) in [4.78, 5) is 9.48. The Morgan fingerprint density at radius 1 is 1.24 bits per heavy atom. The van der Waals surface area contributed by atoms with E-state index in [0.717, 1.165) is 30.4 Å². The summed E-state index contributed by atoms with van der Waals surface area (Å²) in [6.45, 7) is 7.89. The van der Waals surface area contributed by atoms with Crippen LogP contribution in [0.3, 0.4) is 0 Å². The molecule has 116 valence electrons. The van der Waals surface area contributed by atoms with E-state index in [4.69, 9.17) is 0 Å². The summed E-state index contributed by atoms with van der Waals surface area (Å²) < 4.78 is 0. The number of hydrogen-bond donors (Lipinski definition) is 1. The fourth-order valence-corrected chi connectivity index (χ4v) is 3.54. The van der Waals surface area contributed by atoms with Gasteiger partial charge in [-0.1, -0.05) is 0 Å². The molecular weight excluding hydrogens is 262 g/mol. The third-order valence-electron chi connectivity index (χ3n) is 4.91. The molecule has 0 saturated carbocycles. The van der Waals surface area contributed by atoms with E-state index in [0.29, 0.717) is 0 Å². The molecule has 4 nitrogen and oxygen atoms in total. The topological polar surface area (TPSA) is 39.6 Å². The first-order valence-corrected chi connectivity index (χ1v) is 8.33. The molecular formula is C17H27N3O. The molecule has 1 atom stereocenters. The largest absolute Gasteiger partial charge is 0.389 e. The van der Waals surface area contributed by atoms with Crippen LogP contribution in [0.25, 0.3) is 0 Å². The minimum Gasteiger partial charge on any atom is -0.389 e. The van der Waals surface area contributed by atoms with Gasteiger partial charge < -0.3 is 14.9 Å². The smallest absolute Gasteiger partial charge is 0.128 e. The van der Waals surface area contributed by atoms with Gasteiger partial charge >= 0.3 is 0 Å². The summed E-state index contributed by atoms with van der Waals surface area (Å²) in [6.07, 6.45) is 6.69. The lowest BCUT2D eigenvalue weighted by atomic mass is 9.96. The summed E-state index contributed by atoms with van der Waals surface area (Å²) in [7, 11) is 0. The molecule has 2 saturated heterocycles. The van der Waals surface area contributed by atoms with Crippen LogP contribution in [0.4, 0.5) is 5.82 Å². The van der Waals surface area contributed by atoms with Crippen molar-refractivity contribution >= 4 is 5.82 Å². The molecule has 0 spiro atoms. The number of likely N-dealkylation sites (tertiary alicyclic amines) is 1. The van der Waals surface area contributed by atoms with E-state index in [1.165, 1.54) is 45.3 Å². The summed E-state index contributed by atoms with van der Waals surface area (Å²) in [6, 6.07) is 3.93. The molecule has 0 aliphatic carbocycles. The average molecular weight is 289 g/mol. The molecule has 0 bridgehead atoms. The van der Waals surface area contributed by atoms with Gasteiger partial charge in [0.2, 0.25) is 0 Å². The molecule has 0 radical (unpaired) electrons. The number of hydrogen-bond acceptors (Lipinski definition) is 4. The maximum absolute atomic E-state index is 9.70. The third kappa shape index (κ3) is 3.74. The van der Waals surface area contributed by atoms with Gasteiger partial charge in [-0.25, -0.2) is 4.98 Å². The molecule has 2 aliphatic heterocycles. The van der Waals surface area contributed by atoms with E-state index < -0.39 is 6.10 Å². The van der Waals surface area contributed by atoms with Gasteiger partial charge in [0.1, 0.15) is 5.82 Å². The highest BCUT2D eigenvalue weighted by molar-refractivity contribution is 5.41. The number of aromatic nitrogens is 1. The summed E-state index contributed by atoms with van der Waals surface area (Å²) in [5, 5.41) is 9.70. The second-order valence-corrected chi connectivity index (χ2v) is 6.56. The van der Waals surface area contributed by atoms with E-state index in [1.807, 2.05) is 18.3 Å². The second kappa shape index (κ2) is 6.75. The number of nitrogens with zero attached hydrogens (tertiary/aromatic N) is 3. The van der Waals surface area contributed by atoms with Crippen molar-refractivity contribution in [2.24, 2.45) is 5.92 Å². The Morgan fingerprint density at radius 2 is 1.95 bits per heavy atom. The Balaban J connectivity index is 1.54. The van der Waals surface area contributed by atoms with Gasteiger partial charge in [-0.3, -0.25) is 0 Å². The number of aliphatic hydroxyl groups excluding tert-OH is 1. The van der Waals surface area contributed by atoms with Crippen LogP contribution >= 0.6 is 0 Å². The van der Waals surface area contributed by atoms with Crippen molar-refractivity contribution in [2.45, 2.75) is 38.7 Å². The van der Waals surface area contributed by atoms with Crippen molar-refractivity contribution in [3.8, 4) is 0 Å². The predicted octanol–water partition coefficient (Wildman–Crippen LogP) is 2.45. The summed E-state index contributed by atoms with van der Waals surface area (Å²) in [5.41, 5.74) is 0.958. The molecule has 0 aromatic carbocycles. The van der Waals surface area contributed by atoms with Crippen LogP contribution in [0.5, 0.6) is 0 Å². The zero-order valence-corrected chi connectivity index (χ0v) is 13.0. The van der Waals surface area contributed by atoms with Crippen LogP contribution in [0.2, 0.25) is 0 Å². The summed E-state index contributed by atoms with van der Waals surface area (Å²) >= 11 is 0. The van der Waals surface area contributed by atoms with Gasteiger partial charge in [0.05, 0.1) is 6.10 Å². The molecule has 3 heterocycles. The van der Waals surface area contributed by atoms with E-state index in [-0.39, 0.29) is 0 Å². The van der Waals surface area contributed by atoms with Crippen LogP contribution in [-0.2, 0) is 0 Å². The van der Waals surface area contributed by atoms with E-state index in [2.05, 4.69) is 14.8 Å². The van der Waals surface area contributed by atoms with Crippen molar-refractivity contribution < 1.29 is 5.11 Å². The minimum atomic E-state index is -0.417. The van der Waals surface area contributed by atoms with Gasteiger partial charge in [0, 0.05) is 25.8 Å². The molecule has 0 amide bonds. The SMILES string of the molecule is C[C@H](O)c1ccnc(N2CCC(CN3CCCC3)CC2)c1. The number of rotatable bonds is 4. The molecule has 2 fully saturated rings. The van der Waals surface area contributed by atoms with Crippen molar-refractivity contribution in [1.82, 2.24) is 9.88 Å². The zero-order chi connectivity index (χ0) is 14.7. The number of pyridine rings is 1. The van der Waals surface area contributed by atoms with Crippen LogP contribution in [0.1, 0.15) is 44.3 Å². The average Bonchev–Trinajstić information content (AvgIpc) is 3.01. The van der Waals surface area contributed by atoms with E-state index in [9.17, 15) is 5.11 Å². The molecule has 3 rings (SSSR count). The molecule has 2 aliphatic rings. The van der Waals surface area contributed by atoms with Crippen LogP contribution in [0.15, 0.2) is 18.3 Å². The van der Waals surface area contributed by atoms with Gasteiger partial charge in [0.15, 0.2) is 0 Å². The molecule has 1 aromatic rings. The highest BCUT2D eigenvalue weighted by Gasteiger charge is 2.23. The van der Waals surface area contributed by atoms with Crippen LogP contribution < -0.4 is 4.90 Å². The molecule has 1 N–H and O–H groups in total. The molecule has 0 unspecified atom stereocenters. The fraction of sp³-hybridized carbons (Fsp3) is 0.706. The second-order valence-electron chi connectivity index (χ2n) is 6.56. The van der Waals surface area contributed by atoms with Crippen LogP contribution in [0, 0.1) is 5.92 Å². The molecule has 1 aromatic heterocycles. The Labute approximate surface area is 127 Å². The first-order chi connectivity index (χ1) is 10.2. The standard InChI is InChI=1S/C17H27N3O/c1-14(21)16-4-7-18-17(12-16)20-10-5-15(6-11-20)13-19-8-2-3-9-19/h4,7,12,14-15,21H,2-3,5-6,8-11,13H2,1H3/t14-/m0/s1. The lowest BCUT2D eigenvalue weighted by molar-refractivity contribution is 0.199. The maximum atomic E-state index is 9.70. The zero-order valence-electron chi connectivity index (χ0n) is 13.0. The Bertz CT molecular complexity index is 449. The lowest BCUT2D eigenvalue weighted by Gasteiger charge is -2.34. The van der Waals surface area contributed by atoms with Gasteiger partial charge in [-0.15, -0.1) is 0 Å². The molecule has 4 heteroatoms. The quantitative estimate of drug-likeness (QED) is 0.924. The summed E-state index contributed by atoms with van der Waals surface area (Å²) in [5.74, 6) is 1.87. The van der Waals surface area contributed by atoms with Crippen molar-refractivity contribution in [2.75, 3.05) is 37.6 Å². The van der Waals surface area contributed by atoms with Crippen molar-refractivity contribution in [3.05, 3.63) is 23.9 Å². The van der Waals surface area contributed by atoms with Crippen molar-refractivity contribution in [1.29, 1.82) is 0 Å². The Hall–Kier alpha value is -1.13. The van der Waals surface area contributed by atoms with Gasteiger partial charge in [-0.2, -0.15) is 0 Å². The fourth-order valence-electron chi connectivity index (χ4n) is 3.54. The first kappa shape index (κ1) is 14.8.